The Labute approximate surface area is 179 Å². The van der Waals surface area contributed by atoms with Gasteiger partial charge in [-0.05, 0) is 48.0 Å². The minimum atomic E-state index is -0.219. The lowest BCUT2D eigenvalue weighted by Crippen LogP contribution is -1.82. The predicted octanol–water partition coefficient (Wildman–Crippen LogP) is 5.74. The Morgan fingerprint density at radius 1 is 0.935 bits per heavy atom. The van der Waals surface area contributed by atoms with Gasteiger partial charge in [0.1, 0.15) is 17.1 Å². The molecule has 6 aromatic rings. The highest BCUT2D eigenvalue weighted by Gasteiger charge is 2.15. The highest BCUT2D eigenvalue weighted by molar-refractivity contribution is 7.14. The molecule has 0 saturated heterocycles. The van der Waals surface area contributed by atoms with Crippen molar-refractivity contribution in [1.29, 1.82) is 0 Å². The van der Waals surface area contributed by atoms with E-state index in [0.29, 0.717) is 5.65 Å². The van der Waals surface area contributed by atoms with E-state index in [4.69, 9.17) is 0 Å². The lowest BCUT2D eigenvalue weighted by atomic mass is 10.0. The van der Waals surface area contributed by atoms with Crippen LogP contribution < -0.4 is 0 Å². The van der Waals surface area contributed by atoms with Crippen LogP contribution in [-0.4, -0.2) is 30.3 Å². The summed E-state index contributed by atoms with van der Waals surface area (Å²) in [5.41, 5.74) is 5.82. The van der Waals surface area contributed by atoms with Crippen LogP contribution in [0.2, 0.25) is 0 Å². The maximum atomic E-state index is 13.6. The Bertz CT molecular complexity index is 1580. The molecule has 0 aliphatic carbocycles. The Kier molecular flexibility index (Phi) is 3.87. The van der Waals surface area contributed by atoms with Crippen LogP contribution in [0.4, 0.5) is 4.39 Å². The molecule has 0 aliphatic rings. The minimum absolute atomic E-state index is 0.115. The number of hydrogen-bond acceptors (Lipinski definition) is 5. The van der Waals surface area contributed by atoms with Crippen molar-refractivity contribution >= 4 is 33.3 Å². The summed E-state index contributed by atoms with van der Waals surface area (Å²) in [5.74, 6) is 0.115. The van der Waals surface area contributed by atoms with E-state index in [1.807, 2.05) is 30.3 Å². The van der Waals surface area contributed by atoms with Gasteiger partial charge in [0.2, 0.25) is 0 Å². The molecule has 0 unspecified atom stereocenters. The second-order valence-electron chi connectivity index (χ2n) is 7.17. The summed E-state index contributed by atoms with van der Waals surface area (Å²) in [5, 5.41) is 19.0. The zero-order chi connectivity index (χ0) is 20.9. The molecule has 6 rings (SSSR count). The molecule has 150 valence electrons. The molecule has 0 radical (unpaired) electrons. The molecule has 0 fully saturated rings. The first-order valence-corrected chi connectivity index (χ1v) is 10.3. The van der Waals surface area contributed by atoms with E-state index in [9.17, 15) is 9.50 Å². The summed E-state index contributed by atoms with van der Waals surface area (Å²) in [6.07, 6.45) is 4.82. The quantitative estimate of drug-likeness (QED) is 0.336. The van der Waals surface area contributed by atoms with Gasteiger partial charge in [0.05, 0.1) is 17.4 Å². The van der Waals surface area contributed by atoms with Crippen molar-refractivity contribution in [3.05, 3.63) is 72.3 Å². The molecule has 0 bridgehead atoms. The highest BCUT2D eigenvalue weighted by Crippen LogP contribution is 2.36. The Morgan fingerprint density at radius 2 is 1.87 bits per heavy atom. The number of aromatic hydroxyl groups is 1. The highest BCUT2D eigenvalue weighted by atomic mass is 32.1. The first-order chi connectivity index (χ1) is 15.2. The maximum absolute atomic E-state index is 13.6. The van der Waals surface area contributed by atoms with Crippen molar-refractivity contribution in [2.45, 2.75) is 0 Å². The number of rotatable bonds is 3. The van der Waals surface area contributed by atoms with Crippen LogP contribution in [0.5, 0.6) is 5.75 Å². The summed E-state index contributed by atoms with van der Waals surface area (Å²) in [7, 11) is 0. The number of aromatic amines is 2. The minimum Gasteiger partial charge on any atom is -0.506 e. The fourth-order valence-corrected chi connectivity index (χ4v) is 4.58. The van der Waals surface area contributed by atoms with E-state index in [-0.39, 0.29) is 10.9 Å². The Hall–Kier alpha value is -4.04. The molecule has 0 atom stereocenters. The van der Waals surface area contributed by atoms with Gasteiger partial charge in [0.25, 0.3) is 0 Å². The molecular formula is C23H14FN5OS. The van der Waals surface area contributed by atoms with Gasteiger partial charge < -0.3 is 10.1 Å². The molecule has 0 aliphatic heterocycles. The van der Waals surface area contributed by atoms with Crippen molar-refractivity contribution in [3.8, 4) is 38.7 Å². The van der Waals surface area contributed by atoms with Crippen LogP contribution in [0.3, 0.4) is 0 Å². The lowest BCUT2D eigenvalue weighted by molar-refractivity contribution is 0.473. The van der Waals surface area contributed by atoms with Gasteiger partial charge in [-0.25, -0.2) is 4.98 Å². The van der Waals surface area contributed by atoms with Crippen LogP contribution in [-0.2, 0) is 0 Å². The predicted molar refractivity (Wildman–Crippen MR) is 119 cm³/mol. The summed E-state index contributed by atoms with van der Waals surface area (Å²) >= 11 is 1.11. The molecule has 6 nitrogen and oxygen atoms in total. The molecule has 0 amide bonds. The zero-order valence-corrected chi connectivity index (χ0v) is 16.7. The van der Waals surface area contributed by atoms with E-state index in [0.717, 1.165) is 60.6 Å². The number of benzene rings is 1. The van der Waals surface area contributed by atoms with Crippen LogP contribution in [0, 0.1) is 5.13 Å². The van der Waals surface area contributed by atoms with Gasteiger partial charge >= 0.3 is 0 Å². The number of thiophene rings is 1. The van der Waals surface area contributed by atoms with Gasteiger partial charge in [0.15, 0.2) is 5.13 Å². The Balaban J connectivity index is 1.51. The van der Waals surface area contributed by atoms with E-state index in [1.54, 1.807) is 24.5 Å². The van der Waals surface area contributed by atoms with Gasteiger partial charge in [-0.2, -0.15) is 9.49 Å². The summed E-state index contributed by atoms with van der Waals surface area (Å²) < 4.78 is 13.6. The molecule has 8 heteroatoms. The third kappa shape index (κ3) is 2.96. The molecule has 0 spiro atoms. The van der Waals surface area contributed by atoms with E-state index in [1.165, 1.54) is 12.3 Å². The number of H-pyrrole nitrogens is 2. The normalized spacial score (nSPS) is 11.5. The second kappa shape index (κ2) is 6.75. The van der Waals surface area contributed by atoms with Crippen LogP contribution in [0.25, 0.3) is 54.9 Å². The number of aromatic nitrogens is 5. The number of nitrogens with one attached hydrogen (secondary N) is 2. The first-order valence-electron chi connectivity index (χ1n) is 9.52. The molecule has 3 N–H and O–H groups in total. The molecule has 5 heterocycles. The fourth-order valence-electron chi connectivity index (χ4n) is 3.81. The summed E-state index contributed by atoms with van der Waals surface area (Å²) in [6, 6.07) is 14.7. The molecule has 5 aromatic heterocycles. The SMILES string of the molecule is Oc1cncc(-c2ccc3[nH]nc(-c4cc5c(-c6ccc(F)s6)ccnc5[nH]4)c3c2)c1. The molecule has 1 aromatic carbocycles. The van der Waals surface area contributed by atoms with Crippen molar-refractivity contribution in [2.75, 3.05) is 0 Å². The summed E-state index contributed by atoms with van der Waals surface area (Å²) in [4.78, 5) is 12.7. The summed E-state index contributed by atoms with van der Waals surface area (Å²) in [6.45, 7) is 0. The molecular weight excluding hydrogens is 413 g/mol. The maximum Gasteiger partial charge on any atom is 0.176 e. The number of fused-ring (bicyclic) bond motifs is 2. The van der Waals surface area contributed by atoms with Crippen LogP contribution >= 0.6 is 11.3 Å². The lowest BCUT2D eigenvalue weighted by Gasteiger charge is -2.02. The first kappa shape index (κ1) is 17.8. The number of nitrogens with zero attached hydrogens (tertiary/aromatic N) is 3. The second-order valence-corrected chi connectivity index (χ2v) is 8.21. The zero-order valence-electron chi connectivity index (χ0n) is 15.9. The van der Waals surface area contributed by atoms with Gasteiger partial charge in [-0.3, -0.25) is 10.1 Å². The van der Waals surface area contributed by atoms with Crippen LogP contribution in [0.1, 0.15) is 0 Å². The van der Waals surface area contributed by atoms with Crippen molar-refractivity contribution in [3.63, 3.8) is 0 Å². The topological polar surface area (TPSA) is 90.5 Å². The molecule has 31 heavy (non-hydrogen) atoms. The van der Waals surface area contributed by atoms with Crippen molar-refractivity contribution < 1.29 is 9.50 Å². The van der Waals surface area contributed by atoms with Gasteiger partial charge in [-0.15, -0.1) is 11.3 Å². The van der Waals surface area contributed by atoms with Gasteiger partial charge in [0, 0.05) is 39.2 Å². The third-order valence-electron chi connectivity index (χ3n) is 5.25. The monoisotopic (exact) mass is 427 g/mol. The largest absolute Gasteiger partial charge is 0.506 e. The van der Waals surface area contributed by atoms with Crippen LogP contribution in [0.15, 0.2) is 67.1 Å². The smallest absolute Gasteiger partial charge is 0.176 e. The number of hydrogen-bond donors (Lipinski definition) is 3. The third-order valence-corrected chi connectivity index (χ3v) is 6.15. The van der Waals surface area contributed by atoms with E-state index in [2.05, 4.69) is 25.1 Å². The standard InChI is InChI=1S/C23H14FN5OS/c24-21-4-3-20(31-21)15-5-6-26-23-16(15)9-19(27-23)22-17-8-12(1-2-18(17)28-29-22)13-7-14(30)11-25-10-13/h1-11,30H,(H,26,27)(H,28,29). The average Bonchev–Trinajstić information content (AvgIpc) is 3.50. The average molecular weight is 427 g/mol. The van der Waals surface area contributed by atoms with E-state index < -0.39 is 0 Å². The fraction of sp³-hybridized carbons (Fsp3) is 0. The van der Waals surface area contributed by atoms with Gasteiger partial charge in [-0.1, -0.05) is 6.07 Å². The Morgan fingerprint density at radius 3 is 2.71 bits per heavy atom. The number of pyridine rings is 2. The molecule has 0 saturated carbocycles. The van der Waals surface area contributed by atoms with Crippen molar-refractivity contribution in [1.82, 2.24) is 25.1 Å². The van der Waals surface area contributed by atoms with E-state index >= 15 is 0 Å². The number of halogens is 1. The van der Waals surface area contributed by atoms with Crippen molar-refractivity contribution in [2.24, 2.45) is 0 Å².